The van der Waals surface area contributed by atoms with E-state index < -0.39 is 28.6 Å². The molecule has 3 N–H and O–H groups in total. The van der Waals surface area contributed by atoms with Crippen LogP contribution in [0.3, 0.4) is 0 Å². The molecule has 0 saturated carbocycles. The van der Waals surface area contributed by atoms with Crippen LogP contribution in [0.4, 0.5) is 0 Å². The number of carbonyl (C=O) groups is 1. The normalized spacial score (nSPS) is 13.2. The Morgan fingerprint density at radius 2 is 1.80 bits per heavy atom. The van der Waals surface area contributed by atoms with Gasteiger partial charge in [-0.25, -0.2) is 17.9 Å². The quantitative estimate of drug-likeness (QED) is 0.748. The van der Waals surface area contributed by atoms with Gasteiger partial charge in [0.25, 0.3) is 0 Å². The Balaban J connectivity index is 2.25. The van der Waals surface area contributed by atoms with Crippen LogP contribution in [0.2, 0.25) is 0 Å². The SMILES string of the molecule is O=C(O)[C@@H](O)CNS(=O)(=O)c1ccc2ccccc2c1. The molecule has 1 atom stereocenters. The lowest BCUT2D eigenvalue weighted by Crippen LogP contribution is -2.36. The Hall–Kier alpha value is -1.96. The van der Waals surface area contributed by atoms with Gasteiger partial charge in [0.2, 0.25) is 10.0 Å². The number of benzene rings is 2. The average Bonchev–Trinajstić information content (AvgIpc) is 2.44. The van der Waals surface area contributed by atoms with Crippen molar-refractivity contribution in [2.75, 3.05) is 6.54 Å². The van der Waals surface area contributed by atoms with E-state index in [4.69, 9.17) is 10.2 Å². The number of nitrogens with one attached hydrogen (secondary N) is 1. The minimum Gasteiger partial charge on any atom is -0.479 e. The van der Waals surface area contributed by atoms with Crippen LogP contribution >= 0.6 is 0 Å². The molecule has 0 aliphatic carbocycles. The molecule has 0 spiro atoms. The summed E-state index contributed by atoms with van der Waals surface area (Å²) in [6, 6.07) is 11.9. The van der Waals surface area contributed by atoms with Crippen molar-refractivity contribution in [2.24, 2.45) is 0 Å². The fourth-order valence-corrected chi connectivity index (χ4v) is 2.77. The second-order valence-electron chi connectivity index (χ2n) is 4.21. The molecule has 2 rings (SSSR count). The Bertz CT molecular complexity index is 741. The van der Waals surface area contributed by atoms with Crippen LogP contribution in [-0.4, -0.2) is 37.2 Å². The number of aliphatic hydroxyl groups excluding tert-OH is 1. The molecule has 0 heterocycles. The van der Waals surface area contributed by atoms with Gasteiger partial charge in [-0.05, 0) is 22.9 Å². The van der Waals surface area contributed by atoms with E-state index in [9.17, 15) is 13.2 Å². The van der Waals surface area contributed by atoms with Crippen LogP contribution in [0.1, 0.15) is 0 Å². The predicted molar refractivity (Wildman–Crippen MR) is 72.8 cm³/mol. The van der Waals surface area contributed by atoms with Gasteiger partial charge in [-0.15, -0.1) is 0 Å². The van der Waals surface area contributed by atoms with E-state index in [0.717, 1.165) is 10.8 Å². The fourth-order valence-electron chi connectivity index (χ4n) is 1.69. The fraction of sp³-hybridized carbons (Fsp3) is 0.154. The highest BCUT2D eigenvalue weighted by molar-refractivity contribution is 7.89. The van der Waals surface area contributed by atoms with Crippen molar-refractivity contribution < 1.29 is 23.4 Å². The molecule has 0 aromatic heterocycles. The Labute approximate surface area is 115 Å². The summed E-state index contributed by atoms with van der Waals surface area (Å²) < 4.78 is 26.0. The number of fused-ring (bicyclic) bond motifs is 1. The highest BCUT2D eigenvalue weighted by Crippen LogP contribution is 2.18. The molecule has 0 aliphatic heterocycles. The molecule has 0 aliphatic rings. The zero-order chi connectivity index (χ0) is 14.8. The number of carboxylic acid groups (broad SMARTS) is 1. The maximum Gasteiger partial charge on any atom is 0.333 e. The lowest BCUT2D eigenvalue weighted by molar-refractivity contribution is -0.146. The summed E-state index contributed by atoms with van der Waals surface area (Å²) in [5.41, 5.74) is 0. The second-order valence-corrected chi connectivity index (χ2v) is 5.98. The van der Waals surface area contributed by atoms with Crippen LogP contribution in [0.15, 0.2) is 47.4 Å². The zero-order valence-electron chi connectivity index (χ0n) is 10.4. The number of hydrogen-bond donors (Lipinski definition) is 3. The minimum atomic E-state index is -3.85. The van der Waals surface area contributed by atoms with Crippen molar-refractivity contribution in [3.8, 4) is 0 Å². The highest BCUT2D eigenvalue weighted by atomic mass is 32.2. The molecule has 0 unspecified atom stereocenters. The topological polar surface area (TPSA) is 104 Å². The summed E-state index contributed by atoms with van der Waals surface area (Å²) >= 11 is 0. The van der Waals surface area contributed by atoms with Gasteiger partial charge in [-0.3, -0.25) is 0 Å². The predicted octanol–water partition coefficient (Wildman–Crippen LogP) is 0.564. The molecule has 7 heteroatoms. The Morgan fingerprint density at radius 3 is 2.45 bits per heavy atom. The first-order chi connectivity index (χ1) is 9.40. The van der Waals surface area contributed by atoms with Gasteiger partial charge in [0.05, 0.1) is 4.90 Å². The second kappa shape index (κ2) is 5.58. The molecule has 106 valence electrons. The lowest BCUT2D eigenvalue weighted by Gasteiger charge is -2.09. The number of sulfonamides is 1. The number of carboxylic acids is 1. The average molecular weight is 295 g/mol. The molecular formula is C13H13NO5S. The third-order valence-corrected chi connectivity index (χ3v) is 4.20. The number of aliphatic hydroxyl groups is 1. The van der Waals surface area contributed by atoms with Crippen LogP contribution < -0.4 is 4.72 Å². The van der Waals surface area contributed by atoms with Crippen LogP contribution in [0.5, 0.6) is 0 Å². The van der Waals surface area contributed by atoms with Crippen LogP contribution in [0, 0.1) is 0 Å². The van der Waals surface area contributed by atoms with Crippen molar-refractivity contribution in [1.82, 2.24) is 4.72 Å². The van der Waals surface area contributed by atoms with E-state index in [-0.39, 0.29) is 4.90 Å². The van der Waals surface area contributed by atoms with Gasteiger partial charge in [0, 0.05) is 6.54 Å². The molecule has 0 amide bonds. The minimum absolute atomic E-state index is 0.0220. The van der Waals surface area contributed by atoms with Gasteiger partial charge in [-0.2, -0.15) is 0 Å². The first-order valence-corrected chi connectivity index (χ1v) is 7.28. The standard InChI is InChI=1S/C13H13NO5S/c15-12(13(16)17)8-14-20(18,19)11-6-5-9-3-1-2-4-10(9)7-11/h1-7,12,14-15H,8H2,(H,16,17)/t12-/m0/s1. The van der Waals surface area contributed by atoms with E-state index >= 15 is 0 Å². The summed E-state index contributed by atoms with van der Waals surface area (Å²) in [5.74, 6) is -1.48. The lowest BCUT2D eigenvalue weighted by atomic mass is 10.1. The third-order valence-electron chi connectivity index (χ3n) is 2.78. The number of aliphatic carboxylic acids is 1. The molecule has 0 saturated heterocycles. The summed E-state index contributed by atoms with van der Waals surface area (Å²) in [5, 5.41) is 19.2. The first kappa shape index (κ1) is 14.4. The van der Waals surface area contributed by atoms with Crippen LogP contribution in [0.25, 0.3) is 10.8 Å². The molecular weight excluding hydrogens is 282 g/mol. The largest absolute Gasteiger partial charge is 0.479 e. The van der Waals surface area contributed by atoms with Gasteiger partial charge in [0.15, 0.2) is 6.10 Å². The molecule has 0 radical (unpaired) electrons. The monoisotopic (exact) mass is 295 g/mol. The van der Waals surface area contributed by atoms with Crippen molar-refractivity contribution in [3.63, 3.8) is 0 Å². The molecule has 2 aromatic carbocycles. The van der Waals surface area contributed by atoms with Gasteiger partial charge >= 0.3 is 5.97 Å². The van der Waals surface area contributed by atoms with E-state index in [1.165, 1.54) is 12.1 Å². The molecule has 6 nitrogen and oxygen atoms in total. The molecule has 2 aromatic rings. The molecule has 0 fully saturated rings. The van der Waals surface area contributed by atoms with Crippen molar-refractivity contribution in [2.45, 2.75) is 11.0 Å². The summed E-state index contributed by atoms with van der Waals surface area (Å²) in [7, 11) is -3.85. The van der Waals surface area contributed by atoms with Crippen molar-refractivity contribution in [1.29, 1.82) is 0 Å². The molecule has 0 bridgehead atoms. The van der Waals surface area contributed by atoms with Crippen LogP contribution in [-0.2, 0) is 14.8 Å². The van der Waals surface area contributed by atoms with Gasteiger partial charge < -0.3 is 10.2 Å². The smallest absolute Gasteiger partial charge is 0.333 e. The summed E-state index contributed by atoms with van der Waals surface area (Å²) in [6.07, 6.45) is -1.77. The maximum absolute atomic E-state index is 12.0. The van der Waals surface area contributed by atoms with E-state index in [1.54, 1.807) is 18.2 Å². The molecule has 20 heavy (non-hydrogen) atoms. The number of hydrogen-bond acceptors (Lipinski definition) is 4. The number of rotatable bonds is 5. The summed E-state index contributed by atoms with van der Waals surface area (Å²) in [4.78, 5) is 10.5. The van der Waals surface area contributed by atoms with Gasteiger partial charge in [0.1, 0.15) is 0 Å². The first-order valence-electron chi connectivity index (χ1n) is 5.79. The summed E-state index contributed by atoms with van der Waals surface area (Å²) in [6.45, 7) is -0.579. The Kier molecular flexibility index (Phi) is 4.03. The van der Waals surface area contributed by atoms with Gasteiger partial charge in [-0.1, -0.05) is 30.3 Å². The van der Waals surface area contributed by atoms with Crippen molar-refractivity contribution >= 4 is 26.8 Å². The van der Waals surface area contributed by atoms with E-state index in [1.807, 2.05) is 12.1 Å². The highest BCUT2D eigenvalue weighted by Gasteiger charge is 2.19. The maximum atomic E-state index is 12.0. The third kappa shape index (κ3) is 3.13. The van der Waals surface area contributed by atoms with E-state index in [0.29, 0.717) is 0 Å². The zero-order valence-corrected chi connectivity index (χ0v) is 11.2. The van der Waals surface area contributed by atoms with E-state index in [2.05, 4.69) is 4.72 Å². The Morgan fingerprint density at radius 1 is 1.15 bits per heavy atom. The van der Waals surface area contributed by atoms with Crippen molar-refractivity contribution in [3.05, 3.63) is 42.5 Å².